The van der Waals surface area contributed by atoms with E-state index >= 15 is 0 Å². The number of carbonyl (C=O) groups is 1. The standard InChI is InChI=1S/C11H12N4O3/c1-8-12-13-14-15(8)6-7-18-10-4-2-9(3-5-10)11(16)17/h2-5H,6-7H2,1H3,(H,16,17). The second kappa shape index (κ2) is 5.26. The first-order chi connectivity index (χ1) is 8.66. The maximum Gasteiger partial charge on any atom is 0.335 e. The predicted octanol–water partition coefficient (Wildman–Crippen LogP) is 0.759. The first-order valence-corrected chi connectivity index (χ1v) is 5.36. The van der Waals surface area contributed by atoms with Gasteiger partial charge in [-0.15, -0.1) is 5.10 Å². The minimum atomic E-state index is -0.953. The summed E-state index contributed by atoms with van der Waals surface area (Å²) in [5.74, 6) is 0.386. The van der Waals surface area contributed by atoms with Crippen molar-refractivity contribution in [3.63, 3.8) is 0 Å². The van der Waals surface area contributed by atoms with Crippen molar-refractivity contribution in [3.8, 4) is 5.75 Å². The van der Waals surface area contributed by atoms with Crippen LogP contribution in [0.5, 0.6) is 5.75 Å². The van der Waals surface area contributed by atoms with Gasteiger partial charge in [0.1, 0.15) is 18.2 Å². The Morgan fingerprint density at radius 3 is 2.67 bits per heavy atom. The average Bonchev–Trinajstić information content (AvgIpc) is 2.76. The van der Waals surface area contributed by atoms with E-state index in [1.165, 1.54) is 12.1 Å². The molecule has 0 aliphatic rings. The maximum atomic E-state index is 10.7. The van der Waals surface area contributed by atoms with Crippen LogP contribution < -0.4 is 4.74 Å². The molecule has 0 aliphatic heterocycles. The summed E-state index contributed by atoms with van der Waals surface area (Å²) in [7, 11) is 0. The highest BCUT2D eigenvalue weighted by Crippen LogP contribution is 2.12. The van der Waals surface area contributed by atoms with Crippen LogP contribution in [0.25, 0.3) is 0 Å². The Bertz CT molecular complexity index is 535. The summed E-state index contributed by atoms with van der Waals surface area (Å²) in [5, 5.41) is 19.8. The second-order valence-electron chi connectivity index (χ2n) is 3.63. The van der Waals surface area contributed by atoms with Crippen molar-refractivity contribution in [2.24, 2.45) is 0 Å². The van der Waals surface area contributed by atoms with Gasteiger partial charge in [-0.25, -0.2) is 9.48 Å². The summed E-state index contributed by atoms with van der Waals surface area (Å²) in [6.45, 7) is 2.76. The lowest BCUT2D eigenvalue weighted by Crippen LogP contribution is -2.11. The van der Waals surface area contributed by atoms with Crippen LogP contribution in [0.15, 0.2) is 24.3 Å². The largest absolute Gasteiger partial charge is 0.492 e. The highest BCUT2D eigenvalue weighted by Gasteiger charge is 2.03. The third kappa shape index (κ3) is 2.82. The van der Waals surface area contributed by atoms with Gasteiger partial charge in [0.15, 0.2) is 0 Å². The normalized spacial score (nSPS) is 10.3. The van der Waals surface area contributed by atoms with Crippen LogP contribution in [-0.2, 0) is 6.54 Å². The van der Waals surface area contributed by atoms with Crippen LogP contribution in [-0.4, -0.2) is 37.9 Å². The number of rotatable bonds is 5. The zero-order valence-corrected chi connectivity index (χ0v) is 9.78. The number of carboxylic acids is 1. The molecule has 0 bridgehead atoms. The van der Waals surface area contributed by atoms with E-state index in [2.05, 4.69) is 15.5 Å². The zero-order valence-electron chi connectivity index (χ0n) is 9.78. The van der Waals surface area contributed by atoms with Crippen LogP contribution in [0, 0.1) is 6.92 Å². The summed E-state index contributed by atoms with van der Waals surface area (Å²) in [4.78, 5) is 10.7. The van der Waals surface area contributed by atoms with Gasteiger partial charge in [-0.05, 0) is 41.6 Å². The SMILES string of the molecule is Cc1nnnn1CCOc1ccc(C(=O)O)cc1. The molecule has 0 spiro atoms. The number of nitrogens with zero attached hydrogens (tertiary/aromatic N) is 4. The van der Waals surface area contributed by atoms with E-state index in [9.17, 15) is 4.79 Å². The molecule has 7 nitrogen and oxygen atoms in total. The number of benzene rings is 1. The summed E-state index contributed by atoms with van der Waals surface area (Å²) < 4.78 is 7.09. The smallest absolute Gasteiger partial charge is 0.335 e. The summed E-state index contributed by atoms with van der Waals surface area (Å²) in [6.07, 6.45) is 0. The Hall–Kier alpha value is -2.44. The molecule has 0 radical (unpaired) electrons. The number of hydrogen-bond donors (Lipinski definition) is 1. The number of ether oxygens (including phenoxy) is 1. The third-order valence-electron chi connectivity index (χ3n) is 2.38. The highest BCUT2D eigenvalue weighted by atomic mass is 16.5. The Morgan fingerprint density at radius 1 is 1.39 bits per heavy atom. The molecule has 1 aromatic carbocycles. The molecule has 0 aliphatic carbocycles. The van der Waals surface area contributed by atoms with Gasteiger partial charge in [-0.3, -0.25) is 0 Å². The predicted molar refractivity (Wildman–Crippen MR) is 61.5 cm³/mol. The molecule has 0 unspecified atom stereocenters. The number of carboxylic acid groups (broad SMARTS) is 1. The van der Waals surface area contributed by atoms with Gasteiger partial charge in [0.25, 0.3) is 0 Å². The van der Waals surface area contributed by atoms with Gasteiger partial charge in [0.2, 0.25) is 0 Å². The van der Waals surface area contributed by atoms with Crippen molar-refractivity contribution in [3.05, 3.63) is 35.7 Å². The van der Waals surface area contributed by atoms with E-state index in [0.29, 0.717) is 18.9 Å². The molecular weight excluding hydrogens is 236 g/mol. The van der Waals surface area contributed by atoms with E-state index in [1.54, 1.807) is 16.8 Å². The molecule has 2 aromatic rings. The molecule has 1 heterocycles. The second-order valence-corrected chi connectivity index (χ2v) is 3.63. The van der Waals surface area contributed by atoms with Crippen LogP contribution in [0.4, 0.5) is 0 Å². The molecule has 0 atom stereocenters. The fraction of sp³-hybridized carbons (Fsp3) is 0.273. The van der Waals surface area contributed by atoms with Gasteiger partial charge in [-0.1, -0.05) is 0 Å². The fourth-order valence-electron chi connectivity index (χ4n) is 1.40. The highest BCUT2D eigenvalue weighted by molar-refractivity contribution is 5.87. The molecule has 0 saturated carbocycles. The van der Waals surface area contributed by atoms with Gasteiger partial charge < -0.3 is 9.84 Å². The minimum Gasteiger partial charge on any atom is -0.492 e. The summed E-state index contributed by atoms with van der Waals surface area (Å²) in [6, 6.07) is 6.24. The Kier molecular flexibility index (Phi) is 3.52. The maximum absolute atomic E-state index is 10.7. The van der Waals surface area contributed by atoms with Crippen molar-refractivity contribution >= 4 is 5.97 Å². The molecule has 0 fully saturated rings. The lowest BCUT2D eigenvalue weighted by atomic mass is 10.2. The first kappa shape index (κ1) is 12.0. The van der Waals surface area contributed by atoms with Crippen LogP contribution in [0.1, 0.15) is 16.2 Å². The molecular formula is C11H12N4O3. The molecule has 0 saturated heterocycles. The van der Waals surface area contributed by atoms with E-state index in [-0.39, 0.29) is 5.56 Å². The van der Waals surface area contributed by atoms with Crippen LogP contribution in [0.2, 0.25) is 0 Å². The molecule has 0 amide bonds. The molecule has 7 heteroatoms. The molecule has 1 aromatic heterocycles. The van der Waals surface area contributed by atoms with E-state index < -0.39 is 5.97 Å². The van der Waals surface area contributed by atoms with Gasteiger partial charge in [0, 0.05) is 0 Å². The molecule has 94 valence electrons. The lowest BCUT2D eigenvalue weighted by Gasteiger charge is -2.06. The number of aromatic carboxylic acids is 1. The van der Waals surface area contributed by atoms with Crippen molar-refractivity contribution < 1.29 is 14.6 Å². The van der Waals surface area contributed by atoms with E-state index in [0.717, 1.165) is 5.82 Å². The van der Waals surface area contributed by atoms with E-state index in [1.807, 2.05) is 6.92 Å². The van der Waals surface area contributed by atoms with Gasteiger partial charge >= 0.3 is 5.97 Å². The Labute approximate surface area is 103 Å². The lowest BCUT2D eigenvalue weighted by molar-refractivity contribution is 0.0697. The summed E-state index contributed by atoms with van der Waals surface area (Å²) in [5.41, 5.74) is 0.235. The van der Waals surface area contributed by atoms with Crippen molar-refractivity contribution in [2.45, 2.75) is 13.5 Å². The zero-order chi connectivity index (χ0) is 13.0. The number of tetrazole rings is 1. The number of hydrogen-bond acceptors (Lipinski definition) is 5. The number of aryl methyl sites for hydroxylation is 1. The first-order valence-electron chi connectivity index (χ1n) is 5.36. The fourth-order valence-corrected chi connectivity index (χ4v) is 1.40. The van der Waals surface area contributed by atoms with Crippen LogP contribution >= 0.6 is 0 Å². The molecule has 2 rings (SSSR count). The van der Waals surface area contributed by atoms with Crippen LogP contribution in [0.3, 0.4) is 0 Å². The third-order valence-corrected chi connectivity index (χ3v) is 2.38. The average molecular weight is 248 g/mol. The molecule has 1 N–H and O–H groups in total. The van der Waals surface area contributed by atoms with Crippen molar-refractivity contribution in [1.82, 2.24) is 20.2 Å². The molecule has 18 heavy (non-hydrogen) atoms. The Morgan fingerprint density at radius 2 is 2.11 bits per heavy atom. The number of aromatic nitrogens is 4. The topological polar surface area (TPSA) is 90.1 Å². The Balaban J connectivity index is 1.87. The van der Waals surface area contributed by atoms with Gasteiger partial charge in [-0.2, -0.15) is 0 Å². The van der Waals surface area contributed by atoms with Gasteiger partial charge in [0.05, 0.1) is 12.1 Å². The summed E-state index contributed by atoms with van der Waals surface area (Å²) >= 11 is 0. The minimum absolute atomic E-state index is 0.235. The monoisotopic (exact) mass is 248 g/mol. The van der Waals surface area contributed by atoms with Crippen molar-refractivity contribution in [1.29, 1.82) is 0 Å². The van der Waals surface area contributed by atoms with Crippen molar-refractivity contribution in [2.75, 3.05) is 6.61 Å². The quantitative estimate of drug-likeness (QED) is 0.840. The van der Waals surface area contributed by atoms with E-state index in [4.69, 9.17) is 9.84 Å².